The molecule has 0 aliphatic heterocycles. The lowest BCUT2D eigenvalue weighted by molar-refractivity contribution is 1.14. The summed E-state index contributed by atoms with van der Waals surface area (Å²) >= 11 is 0. The van der Waals surface area contributed by atoms with Gasteiger partial charge in [0, 0.05) is 11.1 Å². The van der Waals surface area contributed by atoms with Crippen LogP contribution in [0.2, 0.25) is 0 Å². The molecule has 0 bridgehead atoms. The van der Waals surface area contributed by atoms with Crippen LogP contribution in [0.25, 0.3) is 93.7 Å². The van der Waals surface area contributed by atoms with Gasteiger partial charge >= 0.3 is 0 Å². The maximum absolute atomic E-state index is 5.15. The van der Waals surface area contributed by atoms with Gasteiger partial charge in [-0.2, -0.15) is 0 Å². The van der Waals surface area contributed by atoms with Gasteiger partial charge in [0.05, 0.1) is 16.6 Å². The largest absolute Gasteiger partial charge is 0.293 e. The molecule has 0 amide bonds. The third-order valence-electron chi connectivity index (χ3n) is 9.70. The molecule has 10 aromatic rings. The molecule has 2 aromatic heterocycles. The summed E-state index contributed by atoms with van der Waals surface area (Å²) in [7, 11) is 0. The topological polar surface area (TPSA) is 30.7 Å². The van der Waals surface area contributed by atoms with E-state index in [1.807, 2.05) is 24.3 Å². The highest BCUT2D eigenvalue weighted by Gasteiger charge is 2.18. The number of benzene rings is 8. The molecule has 0 atom stereocenters. The van der Waals surface area contributed by atoms with Crippen LogP contribution in [0.1, 0.15) is 0 Å². The predicted octanol–water partition coefficient (Wildman–Crippen LogP) is 12.0. The standard InChI is InChI=1S/C46H29N3/c1-2-14-40(15-3-1)49-44-29-36(22-23-41(44)45-46(49)48-43-17-9-8-16-42(43)47-45)39-27-37(34-20-18-30-10-4-6-12-32(30)24-34)26-38(28-39)35-21-19-31-11-5-7-13-33(31)25-35/h1-29H. The number of rotatable bonds is 4. The maximum atomic E-state index is 5.15. The Labute approximate surface area is 283 Å². The molecule has 8 aromatic carbocycles. The molecular weight excluding hydrogens is 595 g/mol. The van der Waals surface area contributed by atoms with Crippen molar-refractivity contribution in [1.29, 1.82) is 0 Å². The highest BCUT2D eigenvalue weighted by atomic mass is 15.1. The first-order valence-electron chi connectivity index (χ1n) is 16.7. The predicted molar refractivity (Wildman–Crippen MR) is 205 cm³/mol. The average molecular weight is 624 g/mol. The molecule has 3 heteroatoms. The van der Waals surface area contributed by atoms with Gasteiger partial charge in [0.25, 0.3) is 0 Å². The fourth-order valence-electron chi connectivity index (χ4n) is 7.24. The number of nitrogens with zero attached hydrogens (tertiary/aromatic N) is 3. The summed E-state index contributed by atoms with van der Waals surface area (Å²) in [5.74, 6) is 0. The van der Waals surface area contributed by atoms with E-state index in [0.717, 1.165) is 49.9 Å². The molecule has 10 rings (SSSR count). The molecule has 0 N–H and O–H groups in total. The Bertz CT molecular complexity index is 2790. The van der Waals surface area contributed by atoms with Crippen LogP contribution in [0.4, 0.5) is 0 Å². The molecule has 0 aliphatic carbocycles. The minimum absolute atomic E-state index is 0.860. The molecule has 0 unspecified atom stereocenters. The van der Waals surface area contributed by atoms with Gasteiger partial charge in [-0.05, 0) is 122 Å². The van der Waals surface area contributed by atoms with Crippen molar-refractivity contribution in [3.8, 4) is 39.1 Å². The van der Waals surface area contributed by atoms with Gasteiger partial charge in [-0.15, -0.1) is 0 Å². The fraction of sp³-hybridized carbons (Fsp3) is 0. The lowest BCUT2D eigenvalue weighted by Crippen LogP contribution is -1.96. The smallest absolute Gasteiger partial charge is 0.165 e. The second-order valence-electron chi connectivity index (χ2n) is 12.7. The SMILES string of the molecule is c1ccc(-n2c3cc(-c4cc(-c5ccc6ccccc6c5)cc(-c5ccc6ccccc6c5)c4)ccc3c3nc4ccccc4nc32)cc1. The van der Waals surface area contributed by atoms with Crippen molar-refractivity contribution in [2.24, 2.45) is 0 Å². The Hall–Kier alpha value is -6.58. The van der Waals surface area contributed by atoms with E-state index in [-0.39, 0.29) is 0 Å². The van der Waals surface area contributed by atoms with Crippen molar-refractivity contribution >= 4 is 54.6 Å². The van der Waals surface area contributed by atoms with Crippen molar-refractivity contribution in [1.82, 2.24) is 14.5 Å². The zero-order valence-corrected chi connectivity index (χ0v) is 26.6. The quantitative estimate of drug-likeness (QED) is 0.195. The van der Waals surface area contributed by atoms with Crippen LogP contribution in [-0.4, -0.2) is 14.5 Å². The summed E-state index contributed by atoms with van der Waals surface area (Å²) in [5, 5.41) is 6.04. The number of fused-ring (bicyclic) bond motifs is 6. The molecular formula is C46H29N3. The molecule has 0 saturated heterocycles. The minimum Gasteiger partial charge on any atom is -0.293 e. The van der Waals surface area contributed by atoms with Crippen LogP contribution >= 0.6 is 0 Å². The van der Waals surface area contributed by atoms with Crippen molar-refractivity contribution < 1.29 is 0 Å². The Balaban J connectivity index is 1.22. The normalized spacial score (nSPS) is 11.7. The number of hydrogen-bond donors (Lipinski definition) is 0. The van der Waals surface area contributed by atoms with Gasteiger partial charge in [0.1, 0.15) is 5.52 Å². The van der Waals surface area contributed by atoms with Crippen molar-refractivity contribution in [3.05, 3.63) is 176 Å². The monoisotopic (exact) mass is 623 g/mol. The summed E-state index contributed by atoms with van der Waals surface area (Å²) in [4.78, 5) is 10.3. The highest BCUT2D eigenvalue weighted by molar-refractivity contribution is 6.09. The van der Waals surface area contributed by atoms with Crippen molar-refractivity contribution in [2.75, 3.05) is 0 Å². The van der Waals surface area contributed by atoms with Crippen LogP contribution in [-0.2, 0) is 0 Å². The molecule has 3 nitrogen and oxygen atoms in total. The van der Waals surface area contributed by atoms with E-state index >= 15 is 0 Å². The summed E-state index contributed by atoms with van der Waals surface area (Å²) in [5.41, 5.74) is 12.8. The second-order valence-corrected chi connectivity index (χ2v) is 12.7. The third-order valence-corrected chi connectivity index (χ3v) is 9.70. The average Bonchev–Trinajstić information content (AvgIpc) is 3.49. The molecule has 0 radical (unpaired) electrons. The molecule has 0 saturated carbocycles. The first-order valence-corrected chi connectivity index (χ1v) is 16.7. The lowest BCUT2D eigenvalue weighted by atomic mass is 9.91. The Morgan fingerprint density at radius 1 is 0.347 bits per heavy atom. The van der Waals surface area contributed by atoms with Crippen LogP contribution in [0.3, 0.4) is 0 Å². The molecule has 2 heterocycles. The molecule has 49 heavy (non-hydrogen) atoms. The maximum Gasteiger partial charge on any atom is 0.165 e. The summed E-state index contributed by atoms with van der Waals surface area (Å²) in [6, 6.07) is 63.0. The zero-order valence-electron chi connectivity index (χ0n) is 26.6. The second kappa shape index (κ2) is 11.0. The van der Waals surface area contributed by atoms with Crippen LogP contribution in [0.5, 0.6) is 0 Å². The van der Waals surface area contributed by atoms with E-state index in [9.17, 15) is 0 Å². The summed E-state index contributed by atoms with van der Waals surface area (Å²) < 4.78 is 2.25. The highest BCUT2D eigenvalue weighted by Crippen LogP contribution is 2.38. The summed E-state index contributed by atoms with van der Waals surface area (Å²) in [6.45, 7) is 0. The first-order chi connectivity index (χ1) is 24.2. The lowest BCUT2D eigenvalue weighted by Gasteiger charge is -2.13. The van der Waals surface area contributed by atoms with Gasteiger partial charge in [0.2, 0.25) is 0 Å². The van der Waals surface area contributed by atoms with Crippen molar-refractivity contribution in [2.45, 2.75) is 0 Å². The van der Waals surface area contributed by atoms with E-state index in [4.69, 9.17) is 9.97 Å². The molecule has 228 valence electrons. The number of hydrogen-bond acceptors (Lipinski definition) is 2. The van der Waals surface area contributed by atoms with Gasteiger partial charge < -0.3 is 0 Å². The van der Waals surface area contributed by atoms with Crippen LogP contribution in [0.15, 0.2) is 176 Å². The zero-order chi connectivity index (χ0) is 32.3. The van der Waals surface area contributed by atoms with E-state index in [1.165, 1.54) is 43.8 Å². The first kappa shape index (κ1) is 27.5. The van der Waals surface area contributed by atoms with Crippen molar-refractivity contribution in [3.63, 3.8) is 0 Å². The Kier molecular flexibility index (Phi) is 6.18. The van der Waals surface area contributed by atoms with Crippen LogP contribution < -0.4 is 0 Å². The molecule has 0 spiro atoms. The van der Waals surface area contributed by atoms with E-state index < -0.39 is 0 Å². The molecule has 0 aliphatic rings. The number of para-hydroxylation sites is 3. The van der Waals surface area contributed by atoms with Gasteiger partial charge in [-0.25, -0.2) is 9.97 Å². The van der Waals surface area contributed by atoms with E-state index in [1.54, 1.807) is 0 Å². The van der Waals surface area contributed by atoms with Crippen LogP contribution in [0, 0.1) is 0 Å². The van der Waals surface area contributed by atoms with E-state index in [2.05, 4.69) is 156 Å². The number of aromatic nitrogens is 3. The Morgan fingerprint density at radius 2 is 0.837 bits per heavy atom. The molecule has 0 fully saturated rings. The fourth-order valence-corrected chi connectivity index (χ4v) is 7.24. The van der Waals surface area contributed by atoms with Gasteiger partial charge in [0.15, 0.2) is 5.65 Å². The summed E-state index contributed by atoms with van der Waals surface area (Å²) in [6.07, 6.45) is 0. The third kappa shape index (κ3) is 4.67. The van der Waals surface area contributed by atoms with Gasteiger partial charge in [-0.1, -0.05) is 109 Å². The van der Waals surface area contributed by atoms with Gasteiger partial charge in [-0.3, -0.25) is 4.57 Å². The minimum atomic E-state index is 0.860. The van der Waals surface area contributed by atoms with E-state index in [0.29, 0.717) is 0 Å². The Morgan fingerprint density at radius 3 is 1.45 bits per heavy atom.